The van der Waals surface area contributed by atoms with E-state index in [0.29, 0.717) is 6.54 Å². The van der Waals surface area contributed by atoms with Gasteiger partial charge in [0.05, 0.1) is 33.3 Å². The summed E-state index contributed by atoms with van der Waals surface area (Å²) in [7, 11) is 1.16. The summed E-state index contributed by atoms with van der Waals surface area (Å²) in [5, 5.41) is 0. The monoisotopic (exact) mass is 329 g/mol. The maximum Gasteiger partial charge on any atom is 0.321 e. The summed E-state index contributed by atoms with van der Waals surface area (Å²) in [5.74, 6) is -2.26. The molecule has 0 N–H and O–H groups in total. The van der Waals surface area contributed by atoms with Crippen LogP contribution in [0.3, 0.4) is 0 Å². The number of ether oxygens (including phenoxy) is 3. The Kier molecular flexibility index (Phi) is 7.15. The standard InChI is InChI=1S/C15H23NO7/c1-4-22-12(18)8-15(14(20)21-3)10-16(7-6-11(15)17)9-13(19)23-5-2/h4-10H2,1-3H3. The molecule has 1 heterocycles. The minimum absolute atomic E-state index is 0.0495. The number of ketones is 1. The fraction of sp³-hybridized carbons (Fsp3) is 0.733. The van der Waals surface area contributed by atoms with E-state index in [1.165, 1.54) is 0 Å². The predicted molar refractivity (Wildman–Crippen MR) is 78.4 cm³/mol. The van der Waals surface area contributed by atoms with E-state index < -0.39 is 29.7 Å². The number of rotatable bonds is 7. The van der Waals surface area contributed by atoms with E-state index in [1.54, 1.807) is 18.7 Å². The third kappa shape index (κ3) is 4.75. The molecule has 8 heteroatoms. The minimum atomic E-state index is -1.63. The Bertz CT molecular complexity index is 466. The van der Waals surface area contributed by atoms with Gasteiger partial charge in [-0.3, -0.25) is 24.1 Å². The Morgan fingerprint density at radius 2 is 1.74 bits per heavy atom. The Morgan fingerprint density at radius 1 is 1.13 bits per heavy atom. The van der Waals surface area contributed by atoms with Crippen LogP contribution < -0.4 is 0 Å². The summed E-state index contributed by atoms with van der Waals surface area (Å²) in [6, 6.07) is 0. The second kappa shape index (κ2) is 8.61. The fourth-order valence-corrected chi connectivity index (χ4v) is 2.63. The van der Waals surface area contributed by atoms with Crippen LogP contribution >= 0.6 is 0 Å². The molecule has 1 aliphatic rings. The normalized spacial score (nSPS) is 21.6. The molecular weight excluding hydrogens is 306 g/mol. The molecule has 0 aromatic heterocycles. The van der Waals surface area contributed by atoms with Crippen molar-refractivity contribution in [1.82, 2.24) is 4.90 Å². The number of hydrogen-bond donors (Lipinski definition) is 0. The van der Waals surface area contributed by atoms with Crippen LogP contribution in [0.25, 0.3) is 0 Å². The number of carbonyl (C=O) groups excluding carboxylic acids is 4. The molecule has 1 saturated heterocycles. The van der Waals surface area contributed by atoms with Crippen molar-refractivity contribution in [2.45, 2.75) is 26.7 Å². The molecule has 0 amide bonds. The van der Waals surface area contributed by atoms with Crippen molar-refractivity contribution in [3.8, 4) is 0 Å². The van der Waals surface area contributed by atoms with E-state index in [1.807, 2.05) is 0 Å². The molecule has 1 rings (SSSR count). The number of Topliss-reactive ketones (excluding diaryl/α,β-unsaturated/α-hetero) is 1. The van der Waals surface area contributed by atoms with Gasteiger partial charge in [-0.05, 0) is 13.8 Å². The molecule has 0 saturated carbocycles. The van der Waals surface area contributed by atoms with Crippen molar-refractivity contribution in [2.75, 3.05) is 40.0 Å². The SMILES string of the molecule is CCOC(=O)CN1CCC(=O)C(CC(=O)OCC)(C(=O)OC)C1. The molecule has 1 aliphatic heterocycles. The number of hydrogen-bond acceptors (Lipinski definition) is 8. The third-order valence-electron chi connectivity index (χ3n) is 3.67. The summed E-state index contributed by atoms with van der Waals surface area (Å²) in [5.41, 5.74) is -1.63. The van der Waals surface area contributed by atoms with Gasteiger partial charge < -0.3 is 14.2 Å². The lowest BCUT2D eigenvalue weighted by atomic mass is 9.75. The lowest BCUT2D eigenvalue weighted by molar-refractivity contribution is -0.169. The average molecular weight is 329 g/mol. The number of nitrogens with zero attached hydrogens (tertiary/aromatic N) is 1. The van der Waals surface area contributed by atoms with Crippen molar-refractivity contribution < 1.29 is 33.4 Å². The summed E-state index contributed by atoms with van der Waals surface area (Å²) < 4.78 is 14.5. The summed E-state index contributed by atoms with van der Waals surface area (Å²) in [6.07, 6.45) is -0.348. The van der Waals surface area contributed by atoms with E-state index >= 15 is 0 Å². The van der Waals surface area contributed by atoms with Crippen molar-refractivity contribution in [2.24, 2.45) is 5.41 Å². The molecule has 0 aromatic rings. The van der Waals surface area contributed by atoms with Gasteiger partial charge in [0, 0.05) is 19.5 Å². The zero-order valence-electron chi connectivity index (χ0n) is 13.8. The van der Waals surface area contributed by atoms with Crippen molar-refractivity contribution >= 4 is 23.7 Å². The summed E-state index contributed by atoms with van der Waals surface area (Å²) >= 11 is 0. The van der Waals surface area contributed by atoms with Crippen molar-refractivity contribution in [3.63, 3.8) is 0 Å². The van der Waals surface area contributed by atoms with E-state index in [4.69, 9.17) is 14.2 Å². The van der Waals surface area contributed by atoms with E-state index in [2.05, 4.69) is 0 Å². The highest BCUT2D eigenvalue weighted by atomic mass is 16.5. The van der Waals surface area contributed by atoms with Gasteiger partial charge in [0.1, 0.15) is 5.41 Å². The molecule has 1 fully saturated rings. The highest BCUT2D eigenvalue weighted by Gasteiger charge is 2.52. The van der Waals surface area contributed by atoms with Crippen LogP contribution in [0.2, 0.25) is 0 Å². The molecule has 1 unspecified atom stereocenters. The number of methoxy groups -OCH3 is 1. The van der Waals surface area contributed by atoms with Crippen LogP contribution in [0, 0.1) is 5.41 Å². The zero-order valence-corrected chi connectivity index (χ0v) is 13.8. The molecule has 130 valence electrons. The van der Waals surface area contributed by atoms with Gasteiger partial charge in [-0.25, -0.2) is 0 Å². The molecule has 0 spiro atoms. The second-order valence-corrected chi connectivity index (χ2v) is 5.24. The van der Waals surface area contributed by atoms with Gasteiger partial charge in [0.25, 0.3) is 0 Å². The smallest absolute Gasteiger partial charge is 0.321 e. The largest absolute Gasteiger partial charge is 0.468 e. The number of likely N-dealkylation sites (tertiary alicyclic amines) is 1. The summed E-state index contributed by atoms with van der Waals surface area (Å²) in [6.45, 7) is 3.92. The van der Waals surface area contributed by atoms with Crippen molar-refractivity contribution in [3.05, 3.63) is 0 Å². The van der Waals surface area contributed by atoms with Crippen LogP contribution in [0.5, 0.6) is 0 Å². The molecule has 23 heavy (non-hydrogen) atoms. The van der Waals surface area contributed by atoms with E-state index in [0.717, 1.165) is 7.11 Å². The molecule has 8 nitrogen and oxygen atoms in total. The van der Waals surface area contributed by atoms with Crippen LogP contribution in [0.1, 0.15) is 26.7 Å². The Hall–Kier alpha value is -1.96. The maximum atomic E-state index is 12.4. The highest BCUT2D eigenvalue weighted by molar-refractivity contribution is 6.07. The first-order valence-electron chi connectivity index (χ1n) is 7.55. The molecular formula is C15H23NO7. The van der Waals surface area contributed by atoms with Gasteiger partial charge in [0.2, 0.25) is 0 Å². The molecule has 0 aromatic carbocycles. The topological polar surface area (TPSA) is 99.2 Å². The van der Waals surface area contributed by atoms with Gasteiger partial charge >= 0.3 is 17.9 Å². The third-order valence-corrected chi connectivity index (χ3v) is 3.67. The van der Waals surface area contributed by atoms with Crippen LogP contribution in [-0.4, -0.2) is 68.5 Å². The Balaban J connectivity index is 2.95. The first kappa shape index (κ1) is 19.1. The number of carbonyl (C=O) groups is 4. The summed E-state index contributed by atoms with van der Waals surface area (Å²) in [4.78, 5) is 49.6. The molecule has 0 radical (unpaired) electrons. The first-order chi connectivity index (χ1) is 10.9. The van der Waals surface area contributed by atoms with Crippen molar-refractivity contribution in [1.29, 1.82) is 0 Å². The minimum Gasteiger partial charge on any atom is -0.468 e. The maximum absolute atomic E-state index is 12.4. The zero-order chi connectivity index (χ0) is 17.5. The average Bonchev–Trinajstić information content (AvgIpc) is 2.50. The molecule has 0 aliphatic carbocycles. The first-order valence-corrected chi connectivity index (χ1v) is 7.55. The van der Waals surface area contributed by atoms with Crippen LogP contribution in [-0.2, 0) is 33.4 Å². The lowest BCUT2D eigenvalue weighted by Gasteiger charge is -2.38. The lowest BCUT2D eigenvalue weighted by Crippen LogP contribution is -2.56. The van der Waals surface area contributed by atoms with Gasteiger partial charge in [-0.15, -0.1) is 0 Å². The van der Waals surface area contributed by atoms with Crippen LogP contribution in [0.4, 0.5) is 0 Å². The molecule has 0 bridgehead atoms. The Morgan fingerprint density at radius 3 is 2.30 bits per heavy atom. The predicted octanol–water partition coefficient (Wildman–Crippen LogP) is -0.0631. The van der Waals surface area contributed by atoms with Gasteiger partial charge in [-0.2, -0.15) is 0 Å². The molecule has 1 atom stereocenters. The number of esters is 3. The van der Waals surface area contributed by atoms with E-state index in [9.17, 15) is 19.2 Å². The van der Waals surface area contributed by atoms with Gasteiger partial charge in [-0.1, -0.05) is 0 Å². The number of piperidine rings is 1. The van der Waals surface area contributed by atoms with Crippen LogP contribution in [0.15, 0.2) is 0 Å². The highest BCUT2D eigenvalue weighted by Crippen LogP contribution is 2.32. The quantitative estimate of drug-likeness (QED) is 0.364. The van der Waals surface area contributed by atoms with Gasteiger partial charge in [0.15, 0.2) is 5.78 Å². The van der Waals surface area contributed by atoms with E-state index in [-0.39, 0.29) is 38.5 Å². The Labute approximate surface area is 135 Å². The fourth-order valence-electron chi connectivity index (χ4n) is 2.63. The second-order valence-electron chi connectivity index (χ2n) is 5.24.